The number of benzene rings is 1. The summed E-state index contributed by atoms with van der Waals surface area (Å²) in [6.07, 6.45) is 2.63. The predicted molar refractivity (Wildman–Crippen MR) is 123 cm³/mol. The van der Waals surface area contributed by atoms with Gasteiger partial charge in [0.15, 0.2) is 0 Å². The Morgan fingerprint density at radius 1 is 1.12 bits per heavy atom. The van der Waals surface area contributed by atoms with Gasteiger partial charge in [0.2, 0.25) is 0 Å². The molecule has 2 heterocycles. The Balaban J connectivity index is 1.68. The Labute approximate surface area is 188 Å². The van der Waals surface area contributed by atoms with Gasteiger partial charge in [-0.2, -0.15) is 5.10 Å². The van der Waals surface area contributed by atoms with Gasteiger partial charge in [-0.1, -0.05) is 0 Å². The predicted octanol–water partition coefficient (Wildman–Crippen LogP) is 2.99. The van der Waals surface area contributed by atoms with Crippen LogP contribution in [0.5, 0.6) is 0 Å². The maximum Gasteiger partial charge on any atom is 0.305 e. The van der Waals surface area contributed by atoms with E-state index < -0.39 is 0 Å². The van der Waals surface area contributed by atoms with E-state index in [1.165, 1.54) is 7.11 Å². The number of hydrogen-bond donors (Lipinski definition) is 1. The van der Waals surface area contributed by atoms with Gasteiger partial charge in [-0.05, 0) is 67.8 Å². The lowest BCUT2D eigenvalue weighted by atomic mass is 10.1. The number of amides is 1. The van der Waals surface area contributed by atoms with Crippen molar-refractivity contribution in [3.05, 3.63) is 70.7 Å². The molecule has 32 heavy (non-hydrogen) atoms. The first kappa shape index (κ1) is 23.0. The lowest BCUT2D eigenvalue weighted by molar-refractivity contribution is -0.140. The Kier molecular flexibility index (Phi) is 7.25. The molecule has 0 unspecified atom stereocenters. The topological polar surface area (TPSA) is 89.3 Å². The van der Waals surface area contributed by atoms with Crippen LogP contribution in [0.25, 0.3) is 5.69 Å². The van der Waals surface area contributed by atoms with Crippen molar-refractivity contribution in [1.82, 2.24) is 20.1 Å². The van der Waals surface area contributed by atoms with E-state index in [1.807, 2.05) is 61.8 Å². The summed E-state index contributed by atoms with van der Waals surface area (Å²) in [6.45, 7) is 4.33. The van der Waals surface area contributed by atoms with Crippen molar-refractivity contribution in [3.8, 4) is 5.69 Å². The van der Waals surface area contributed by atoms with E-state index in [-0.39, 0.29) is 11.9 Å². The monoisotopic (exact) mass is 435 g/mol. The molecular weight excluding hydrogens is 406 g/mol. The molecule has 1 N–H and O–H groups in total. The summed E-state index contributed by atoms with van der Waals surface area (Å²) in [6, 6.07) is 11.1. The van der Waals surface area contributed by atoms with Crippen molar-refractivity contribution in [2.24, 2.45) is 0 Å². The Morgan fingerprint density at radius 2 is 1.84 bits per heavy atom. The summed E-state index contributed by atoms with van der Waals surface area (Å²) in [4.78, 5) is 30.3. The van der Waals surface area contributed by atoms with Crippen LogP contribution in [0.4, 0.5) is 5.82 Å². The van der Waals surface area contributed by atoms with Crippen LogP contribution < -0.4 is 10.2 Å². The van der Waals surface area contributed by atoms with Crippen LogP contribution in [0.15, 0.2) is 42.6 Å². The van der Waals surface area contributed by atoms with Crippen molar-refractivity contribution >= 4 is 17.7 Å². The fourth-order valence-corrected chi connectivity index (χ4v) is 3.47. The van der Waals surface area contributed by atoms with E-state index in [1.54, 1.807) is 18.3 Å². The van der Waals surface area contributed by atoms with Gasteiger partial charge in [-0.15, -0.1) is 0 Å². The number of pyridine rings is 1. The number of ether oxygens (including phenoxy) is 1. The minimum atomic E-state index is -0.239. The second kappa shape index (κ2) is 10.1. The standard InChI is InChI=1S/C24H29N5O3/c1-16-21(10-11-23(30)32-5)17(2)29(27-16)20-8-6-19(7-9-20)24(31)26-15-18-12-13-25-22(14-18)28(3)4/h6-9,12-14H,10-11,15H2,1-5H3,(H,26,31). The van der Waals surface area contributed by atoms with E-state index >= 15 is 0 Å². The molecule has 1 amide bonds. The second-order valence-corrected chi connectivity index (χ2v) is 7.78. The molecule has 1 aromatic carbocycles. The number of aromatic nitrogens is 3. The average molecular weight is 436 g/mol. The number of anilines is 1. The van der Waals surface area contributed by atoms with Crippen LogP contribution in [0.1, 0.15) is 39.3 Å². The number of carbonyl (C=O) groups excluding carboxylic acids is 2. The number of nitrogens with zero attached hydrogens (tertiary/aromatic N) is 4. The van der Waals surface area contributed by atoms with Gasteiger partial charge in [0, 0.05) is 44.5 Å². The summed E-state index contributed by atoms with van der Waals surface area (Å²) in [7, 11) is 5.25. The van der Waals surface area contributed by atoms with E-state index in [0.29, 0.717) is 24.9 Å². The van der Waals surface area contributed by atoms with Gasteiger partial charge in [0.25, 0.3) is 5.91 Å². The number of hydrogen-bond acceptors (Lipinski definition) is 6. The highest BCUT2D eigenvalue weighted by Gasteiger charge is 2.15. The summed E-state index contributed by atoms with van der Waals surface area (Å²) >= 11 is 0. The van der Waals surface area contributed by atoms with Gasteiger partial charge < -0.3 is 15.0 Å². The van der Waals surface area contributed by atoms with Crippen LogP contribution in [-0.2, 0) is 22.5 Å². The third-order valence-electron chi connectivity index (χ3n) is 5.34. The molecule has 0 spiro atoms. The molecular formula is C24H29N5O3. The summed E-state index contributed by atoms with van der Waals surface area (Å²) in [5, 5.41) is 7.56. The molecule has 0 fully saturated rings. The largest absolute Gasteiger partial charge is 0.469 e. The van der Waals surface area contributed by atoms with Crippen LogP contribution in [0.3, 0.4) is 0 Å². The third-order valence-corrected chi connectivity index (χ3v) is 5.34. The smallest absolute Gasteiger partial charge is 0.305 e. The van der Waals surface area contributed by atoms with Crippen molar-refractivity contribution in [2.45, 2.75) is 33.2 Å². The van der Waals surface area contributed by atoms with Crippen LogP contribution in [0, 0.1) is 13.8 Å². The van der Waals surface area contributed by atoms with Crippen molar-refractivity contribution in [1.29, 1.82) is 0 Å². The molecule has 0 saturated carbocycles. The molecule has 0 bridgehead atoms. The zero-order valence-electron chi connectivity index (χ0n) is 19.2. The summed E-state index contributed by atoms with van der Waals surface area (Å²) < 4.78 is 6.57. The number of rotatable bonds is 8. The minimum absolute atomic E-state index is 0.146. The van der Waals surface area contributed by atoms with E-state index in [4.69, 9.17) is 4.74 Å². The number of nitrogens with one attached hydrogen (secondary N) is 1. The molecule has 2 aromatic heterocycles. The quantitative estimate of drug-likeness (QED) is 0.547. The fraction of sp³-hybridized carbons (Fsp3) is 0.333. The van der Waals surface area contributed by atoms with Gasteiger partial charge in [0.1, 0.15) is 5.82 Å². The van der Waals surface area contributed by atoms with Gasteiger partial charge in [-0.25, -0.2) is 9.67 Å². The summed E-state index contributed by atoms with van der Waals surface area (Å²) in [5.74, 6) is 0.459. The molecule has 8 heteroatoms. The molecule has 168 valence electrons. The number of methoxy groups -OCH3 is 1. The van der Waals surface area contributed by atoms with Crippen molar-refractivity contribution < 1.29 is 14.3 Å². The number of esters is 1. The zero-order valence-corrected chi connectivity index (χ0v) is 19.2. The molecule has 8 nitrogen and oxygen atoms in total. The molecule has 0 aliphatic carbocycles. The average Bonchev–Trinajstić information content (AvgIpc) is 3.09. The maximum absolute atomic E-state index is 12.6. The summed E-state index contributed by atoms with van der Waals surface area (Å²) in [5.41, 5.74) is 5.29. The normalized spacial score (nSPS) is 10.7. The maximum atomic E-state index is 12.6. The Bertz CT molecular complexity index is 1100. The first-order chi connectivity index (χ1) is 15.3. The lowest BCUT2D eigenvalue weighted by Gasteiger charge is -2.12. The molecule has 3 rings (SSSR count). The fourth-order valence-electron chi connectivity index (χ4n) is 3.47. The third kappa shape index (κ3) is 5.32. The molecule has 0 atom stereocenters. The Morgan fingerprint density at radius 3 is 2.50 bits per heavy atom. The van der Waals surface area contributed by atoms with Crippen LogP contribution in [-0.4, -0.2) is 47.8 Å². The van der Waals surface area contributed by atoms with Gasteiger partial charge in [0.05, 0.1) is 18.5 Å². The molecule has 0 aliphatic heterocycles. The van der Waals surface area contributed by atoms with Gasteiger partial charge in [-0.3, -0.25) is 9.59 Å². The highest BCUT2D eigenvalue weighted by molar-refractivity contribution is 5.94. The Hall–Kier alpha value is -3.68. The van der Waals surface area contributed by atoms with Crippen LogP contribution in [0.2, 0.25) is 0 Å². The van der Waals surface area contributed by atoms with Crippen molar-refractivity contribution in [2.75, 3.05) is 26.1 Å². The van der Waals surface area contributed by atoms with E-state index in [0.717, 1.165) is 34.0 Å². The molecule has 0 radical (unpaired) electrons. The van der Waals surface area contributed by atoms with Crippen molar-refractivity contribution in [3.63, 3.8) is 0 Å². The lowest BCUT2D eigenvalue weighted by Crippen LogP contribution is -2.23. The number of aryl methyl sites for hydroxylation is 1. The molecule has 0 saturated heterocycles. The van der Waals surface area contributed by atoms with Gasteiger partial charge >= 0.3 is 5.97 Å². The minimum Gasteiger partial charge on any atom is -0.469 e. The first-order valence-corrected chi connectivity index (χ1v) is 10.4. The second-order valence-electron chi connectivity index (χ2n) is 7.78. The first-order valence-electron chi connectivity index (χ1n) is 10.4. The highest BCUT2D eigenvalue weighted by Crippen LogP contribution is 2.20. The van der Waals surface area contributed by atoms with E-state index in [9.17, 15) is 9.59 Å². The molecule has 3 aromatic rings. The highest BCUT2D eigenvalue weighted by atomic mass is 16.5. The van der Waals surface area contributed by atoms with E-state index in [2.05, 4.69) is 15.4 Å². The van der Waals surface area contributed by atoms with Crippen LogP contribution >= 0.6 is 0 Å². The number of carbonyl (C=O) groups is 2. The zero-order chi connectivity index (χ0) is 23.3. The SMILES string of the molecule is COC(=O)CCc1c(C)nn(-c2ccc(C(=O)NCc3ccnc(N(C)C)c3)cc2)c1C. The molecule has 0 aliphatic rings.